The molecular weight excluding hydrogens is 497 g/mol. The minimum atomic E-state index is -4.75. The van der Waals surface area contributed by atoms with E-state index in [-0.39, 0.29) is 6.54 Å². The Kier molecular flexibility index (Phi) is 6.43. The van der Waals surface area contributed by atoms with Crippen LogP contribution in [-0.4, -0.2) is 44.1 Å². The summed E-state index contributed by atoms with van der Waals surface area (Å²) in [5, 5.41) is 7.38. The molecule has 3 heterocycles. The maximum atomic E-state index is 13.9. The van der Waals surface area contributed by atoms with Crippen LogP contribution in [0.4, 0.5) is 19.0 Å². The number of nitrogens with one attached hydrogen (secondary N) is 1. The number of likely N-dealkylation sites (N-methyl/N-ethyl adjacent to an activating group) is 1. The molecule has 2 aromatic heterocycles. The van der Waals surface area contributed by atoms with Crippen LogP contribution in [-0.2, 0) is 11.0 Å². The number of carbonyl (C=O) groups excluding carboxylic acids is 2. The summed E-state index contributed by atoms with van der Waals surface area (Å²) in [5.74, 6) is -2.16. The SMILES string of the molecule is CCN1C(=O)[C@@H](NC(=O)c2nccc(C(F)(F)F)n2)[C@@H](c2ccccc2)c2c(C)nn(-c3ccccc3)c21. The predicted molar refractivity (Wildman–Crippen MR) is 133 cm³/mol. The summed E-state index contributed by atoms with van der Waals surface area (Å²) in [6, 6.07) is 18.0. The summed E-state index contributed by atoms with van der Waals surface area (Å²) in [5.41, 5.74) is 1.64. The molecule has 0 bridgehead atoms. The Morgan fingerprint density at radius 1 is 1.03 bits per heavy atom. The quantitative estimate of drug-likeness (QED) is 0.424. The van der Waals surface area contributed by atoms with E-state index in [1.165, 1.54) is 4.90 Å². The maximum absolute atomic E-state index is 13.9. The number of aromatic nitrogens is 4. The molecule has 1 aliphatic rings. The van der Waals surface area contributed by atoms with Crippen molar-refractivity contribution in [2.45, 2.75) is 32.0 Å². The van der Waals surface area contributed by atoms with E-state index >= 15 is 0 Å². The summed E-state index contributed by atoms with van der Waals surface area (Å²) >= 11 is 0. The number of carbonyl (C=O) groups is 2. The van der Waals surface area contributed by atoms with Crippen LogP contribution in [0, 0.1) is 6.92 Å². The van der Waals surface area contributed by atoms with Crippen molar-refractivity contribution in [2.24, 2.45) is 0 Å². The van der Waals surface area contributed by atoms with Gasteiger partial charge in [-0.3, -0.25) is 14.5 Å². The molecule has 0 unspecified atom stereocenters. The van der Waals surface area contributed by atoms with Gasteiger partial charge in [0.25, 0.3) is 11.8 Å². The Balaban J connectivity index is 1.64. The number of alkyl halides is 3. The molecule has 8 nitrogen and oxygen atoms in total. The Hall–Kier alpha value is -4.54. The Bertz CT molecular complexity index is 1490. The summed E-state index contributed by atoms with van der Waals surface area (Å²) in [7, 11) is 0. The van der Waals surface area contributed by atoms with Crippen molar-refractivity contribution < 1.29 is 22.8 Å². The molecule has 2 atom stereocenters. The fraction of sp³-hybridized carbons (Fsp3) is 0.222. The Morgan fingerprint density at radius 2 is 1.68 bits per heavy atom. The minimum Gasteiger partial charge on any atom is -0.337 e. The topological polar surface area (TPSA) is 93.0 Å². The van der Waals surface area contributed by atoms with E-state index in [1.807, 2.05) is 67.6 Å². The van der Waals surface area contributed by atoms with Gasteiger partial charge >= 0.3 is 6.18 Å². The van der Waals surface area contributed by atoms with Crippen molar-refractivity contribution >= 4 is 17.6 Å². The number of halogens is 3. The molecule has 4 aromatic rings. The third-order valence-corrected chi connectivity index (χ3v) is 6.42. The Labute approximate surface area is 216 Å². The van der Waals surface area contributed by atoms with E-state index in [0.717, 1.165) is 23.0 Å². The third kappa shape index (κ3) is 4.40. The number of nitrogens with zero attached hydrogens (tertiary/aromatic N) is 5. The fourth-order valence-corrected chi connectivity index (χ4v) is 4.78. The van der Waals surface area contributed by atoms with Gasteiger partial charge < -0.3 is 5.32 Å². The highest BCUT2D eigenvalue weighted by Gasteiger charge is 2.45. The monoisotopic (exact) mass is 520 g/mol. The number of rotatable bonds is 5. The van der Waals surface area contributed by atoms with Gasteiger partial charge in [-0.25, -0.2) is 14.6 Å². The van der Waals surface area contributed by atoms with E-state index in [0.29, 0.717) is 17.6 Å². The molecule has 11 heteroatoms. The van der Waals surface area contributed by atoms with Gasteiger partial charge in [-0.2, -0.15) is 18.3 Å². The fourth-order valence-electron chi connectivity index (χ4n) is 4.78. The second-order valence-electron chi connectivity index (χ2n) is 8.76. The molecule has 0 fully saturated rings. The second kappa shape index (κ2) is 9.73. The van der Waals surface area contributed by atoms with E-state index in [9.17, 15) is 22.8 Å². The van der Waals surface area contributed by atoms with Gasteiger partial charge in [-0.15, -0.1) is 0 Å². The normalized spacial score (nSPS) is 17.3. The first-order valence-electron chi connectivity index (χ1n) is 11.9. The van der Waals surface area contributed by atoms with Crippen LogP contribution in [0.2, 0.25) is 0 Å². The van der Waals surface area contributed by atoms with Gasteiger partial charge in [-0.1, -0.05) is 48.5 Å². The zero-order valence-corrected chi connectivity index (χ0v) is 20.5. The van der Waals surface area contributed by atoms with Gasteiger partial charge in [0.15, 0.2) is 0 Å². The lowest BCUT2D eigenvalue weighted by Crippen LogP contribution is -2.55. The highest BCUT2D eigenvalue weighted by atomic mass is 19.4. The second-order valence-corrected chi connectivity index (χ2v) is 8.76. The number of amides is 2. The van der Waals surface area contributed by atoms with E-state index in [2.05, 4.69) is 15.3 Å². The average molecular weight is 521 g/mol. The number of fused-ring (bicyclic) bond motifs is 1. The number of anilines is 1. The summed E-state index contributed by atoms with van der Waals surface area (Å²) in [6.45, 7) is 3.90. The lowest BCUT2D eigenvalue weighted by Gasteiger charge is -2.38. The first-order chi connectivity index (χ1) is 18.2. The van der Waals surface area contributed by atoms with Crippen molar-refractivity contribution in [3.63, 3.8) is 0 Å². The van der Waals surface area contributed by atoms with Gasteiger partial charge in [0.05, 0.1) is 11.4 Å². The molecule has 0 saturated carbocycles. The summed E-state index contributed by atoms with van der Waals surface area (Å²) in [4.78, 5) is 35.7. The minimum absolute atomic E-state index is 0.276. The summed E-state index contributed by atoms with van der Waals surface area (Å²) in [6.07, 6.45) is -3.88. The standard InChI is InChI=1S/C27H23F3N6O2/c1-3-35-25-20(16(2)34-36(25)18-12-8-5-9-13-18)21(17-10-6-4-7-11-17)22(26(35)38)33-24(37)23-31-15-14-19(32-23)27(28,29)30/h4-15,21-22H,3H2,1-2H3,(H,33,37)/t21-,22-/m0/s1. The highest BCUT2D eigenvalue weighted by Crippen LogP contribution is 2.43. The number of hydrogen-bond donors (Lipinski definition) is 1. The molecule has 0 radical (unpaired) electrons. The zero-order chi connectivity index (χ0) is 27.0. The first kappa shape index (κ1) is 25.1. The molecule has 0 spiro atoms. The molecule has 2 amide bonds. The molecule has 1 aliphatic heterocycles. The lowest BCUT2D eigenvalue weighted by molar-refractivity contribution is -0.141. The molecule has 0 aliphatic carbocycles. The van der Waals surface area contributed by atoms with Gasteiger partial charge in [0.1, 0.15) is 17.6 Å². The number of benzene rings is 2. The van der Waals surface area contributed by atoms with Gasteiger partial charge in [0.2, 0.25) is 5.82 Å². The van der Waals surface area contributed by atoms with Crippen molar-refractivity contribution in [1.82, 2.24) is 25.1 Å². The predicted octanol–water partition coefficient (Wildman–Crippen LogP) is 4.29. The smallest absolute Gasteiger partial charge is 0.337 e. The van der Waals surface area contributed by atoms with Crippen LogP contribution < -0.4 is 10.2 Å². The molecule has 5 rings (SSSR count). The zero-order valence-electron chi connectivity index (χ0n) is 20.5. The summed E-state index contributed by atoms with van der Waals surface area (Å²) < 4.78 is 41.3. The molecule has 1 N–H and O–H groups in total. The molecule has 2 aromatic carbocycles. The van der Waals surface area contributed by atoms with E-state index < -0.39 is 41.5 Å². The first-order valence-corrected chi connectivity index (χ1v) is 11.9. The van der Waals surface area contributed by atoms with E-state index in [1.54, 1.807) is 11.6 Å². The average Bonchev–Trinajstić information content (AvgIpc) is 3.26. The third-order valence-electron chi connectivity index (χ3n) is 6.42. The van der Waals surface area contributed by atoms with Crippen molar-refractivity contribution in [3.8, 4) is 5.69 Å². The number of aryl methyl sites for hydroxylation is 1. The highest BCUT2D eigenvalue weighted by molar-refractivity contribution is 6.04. The van der Waals surface area contributed by atoms with Crippen LogP contribution in [0.1, 0.15) is 46.0 Å². The molecular formula is C27H23F3N6O2. The largest absolute Gasteiger partial charge is 0.433 e. The Morgan fingerprint density at radius 3 is 2.32 bits per heavy atom. The number of hydrogen-bond acceptors (Lipinski definition) is 5. The maximum Gasteiger partial charge on any atom is 0.433 e. The van der Waals surface area contributed by atoms with Crippen LogP contribution >= 0.6 is 0 Å². The number of para-hydroxylation sites is 1. The van der Waals surface area contributed by atoms with E-state index in [4.69, 9.17) is 5.10 Å². The molecule has 0 saturated heterocycles. The van der Waals surface area contributed by atoms with Crippen LogP contribution in [0.5, 0.6) is 0 Å². The van der Waals surface area contributed by atoms with Gasteiger partial charge in [-0.05, 0) is 37.6 Å². The lowest BCUT2D eigenvalue weighted by atomic mass is 9.81. The van der Waals surface area contributed by atoms with Crippen LogP contribution in [0.15, 0.2) is 72.9 Å². The van der Waals surface area contributed by atoms with Gasteiger partial charge in [0, 0.05) is 24.2 Å². The van der Waals surface area contributed by atoms with Crippen molar-refractivity contribution in [3.05, 3.63) is 101 Å². The van der Waals surface area contributed by atoms with Crippen molar-refractivity contribution in [2.75, 3.05) is 11.4 Å². The van der Waals surface area contributed by atoms with Crippen LogP contribution in [0.3, 0.4) is 0 Å². The van der Waals surface area contributed by atoms with Crippen LogP contribution in [0.25, 0.3) is 5.69 Å². The van der Waals surface area contributed by atoms with Crippen molar-refractivity contribution in [1.29, 1.82) is 0 Å². The molecule has 194 valence electrons. The molecule has 38 heavy (non-hydrogen) atoms.